The summed E-state index contributed by atoms with van der Waals surface area (Å²) in [5.41, 5.74) is 0. The van der Waals surface area contributed by atoms with Crippen molar-refractivity contribution in [3.63, 3.8) is 0 Å². The largest absolute Gasteiger partial charge is 0.462 e. The average Bonchev–Trinajstić information content (AvgIpc) is 3.45. The van der Waals surface area contributed by atoms with Gasteiger partial charge < -0.3 is 14.2 Å². The van der Waals surface area contributed by atoms with Gasteiger partial charge in [0.25, 0.3) is 0 Å². The van der Waals surface area contributed by atoms with E-state index in [4.69, 9.17) is 14.2 Å². The van der Waals surface area contributed by atoms with Crippen molar-refractivity contribution in [2.75, 3.05) is 13.2 Å². The van der Waals surface area contributed by atoms with E-state index in [2.05, 4.69) is 142 Å². The van der Waals surface area contributed by atoms with Crippen LogP contribution in [0, 0.1) is 0 Å². The van der Waals surface area contributed by atoms with Gasteiger partial charge in [0, 0.05) is 19.3 Å². The molecule has 0 amide bonds. The molecule has 0 fully saturated rings. The van der Waals surface area contributed by atoms with Crippen molar-refractivity contribution < 1.29 is 28.6 Å². The Bertz CT molecular complexity index is 1640. The van der Waals surface area contributed by atoms with Crippen molar-refractivity contribution in [3.8, 4) is 0 Å². The molecule has 0 spiro atoms. The Morgan fingerprint density at radius 2 is 0.494 bits per heavy atom. The summed E-state index contributed by atoms with van der Waals surface area (Å²) in [6, 6.07) is 0. The molecule has 0 saturated carbocycles. The van der Waals surface area contributed by atoms with Crippen molar-refractivity contribution in [1.82, 2.24) is 0 Å². The predicted molar refractivity (Wildman–Crippen MR) is 343 cm³/mol. The molecule has 0 aromatic rings. The van der Waals surface area contributed by atoms with Gasteiger partial charge in [-0.05, 0) is 116 Å². The molecule has 0 heterocycles. The zero-order chi connectivity index (χ0) is 57.1. The Morgan fingerprint density at radius 1 is 0.266 bits per heavy atom. The number of hydrogen-bond acceptors (Lipinski definition) is 6. The molecular formula is C73H122O6. The number of esters is 3. The maximum atomic E-state index is 12.9. The second-order valence-corrected chi connectivity index (χ2v) is 21.6. The molecule has 79 heavy (non-hydrogen) atoms. The zero-order valence-corrected chi connectivity index (χ0v) is 51.6. The maximum absolute atomic E-state index is 12.9. The minimum atomic E-state index is -0.786. The van der Waals surface area contributed by atoms with E-state index in [1.165, 1.54) is 141 Å². The first-order valence-electron chi connectivity index (χ1n) is 33.0. The van der Waals surface area contributed by atoms with Gasteiger partial charge in [-0.1, -0.05) is 290 Å². The van der Waals surface area contributed by atoms with E-state index in [0.29, 0.717) is 19.3 Å². The topological polar surface area (TPSA) is 78.9 Å². The number of carbonyl (C=O) groups excluding carboxylic acids is 3. The highest BCUT2D eigenvalue weighted by atomic mass is 16.6. The number of unbranched alkanes of at least 4 members (excludes halogenated alkanes) is 28. The van der Waals surface area contributed by atoms with Crippen molar-refractivity contribution in [3.05, 3.63) is 122 Å². The van der Waals surface area contributed by atoms with Crippen LogP contribution in [0.15, 0.2) is 122 Å². The number of rotatable bonds is 59. The Balaban J connectivity index is 4.19. The molecule has 1 unspecified atom stereocenters. The summed E-state index contributed by atoms with van der Waals surface area (Å²) in [7, 11) is 0. The first kappa shape index (κ1) is 74.8. The average molecular weight is 1100 g/mol. The lowest BCUT2D eigenvalue weighted by Gasteiger charge is -2.18. The van der Waals surface area contributed by atoms with Gasteiger partial charge in [-0.2, -0.15) is 0 Å². The van der Waals surface area contributed by atoms with Gasteiger partial charge in [-0.3, -0.25) is 14.4 Å². The van der Waals surface area contributed by atoms with Gasteiger partial charge in [-0.15, -0.1) is 0 Å². The summed E-state index contributed by atoms with van der Waals surface area (Å²) in [6.07, 6.45) is 92.3. The smallest absolute Gasteiger partial charge is 0.306 e. The van der Waals surface area contributed by atoms with E-state index in [1.807, 2.05) is 0 Å². The first-order valence-corrected chi connectivity index (χ1v) is 33.0. The van der Waals surface area contributed by atoms with Crippen LogP contribution in [0.4, 0.5) is 0 Å². The Kier molecular flexibility index (Phi) is 62.8. The predicted octanol–water partition coefficient (Wildman–Crippen LogP) is 22.8. The van der Waals surface area contributed by atoms with Crippen LogP contribution < -0.4 is 0 Å². The van der Waals surface area contributed by atoms with E-state index in [9.17, 15) is 14.4 Å². The van der Waals surface area contributed by atoms with E-state index in [-0.39, 0.29) is 31.1 Å². The summed E-state index contributed by atoms with van der Waals surface area (Å²) in [6.45, 7) is 6.47. The lowest BCUT2D eigenvalue weighted by molar-refractivity contribution is -0.167. The Hall–Kier alpha value is -4.19. The van der Waals surface area contributed by atoms with Crippen molar-refractivity contribution in [2.24, 2.45) is 0 Å². The van der Waals surface area contributed by atoms with Gasteiger partial charge >= 0.3 is 17.9 Å². The van der Waals surface area contributed by atoms with Crippen LogP contribution in [0.25, 0.3) is 0 Å². The van der Waals surface area contributed by atoms with Gasteiger partial charge in [0.2, 0.25) is 0 Å². The van der Waals surface area contributed by atoms with Crippen molar-refractivity contribution >= 4 is 17.9 Å². The highest BCUT2D eigenvalue weighted by molar-refractivity contribution is 5.71. The second-order valence-electron chi connectivity index (χ2n) is 21.6. The van der Waals surface area contributed by atoms with Gasteiger partial charge in [0.1, 0.15) is 13.2 Å². The highest BCUT2D eigenvalue weighted by Gasteiger charge is 2.19. The Labute approximate surface area is 488 Å². The lowest BCUT2D eigenvalue weighted by Crippen LogP contribution is -2.30. The number of carbonyl (C=O) groups is 3. The van der Waals surface area contributed by atoms with Gasteiger partial charge in [0.05, 0.1) is 0 Å². The summed E-state index contributed by atoms with van der Waals surface area (Å²) in [5.74, 6) is -0.901. The quantitative estimate of drug-likeness (QED) is 0.0261. The molecule has 450 valence electrons. The van der Waals surface area contributed by atoms with Crippen molar-refractivity contribution in [1.29, 1.82) is 0 Å². The Morgan fingerprint density at radius 3 is 0.772 bits per heavy atom. The fourth-order valence-corrected chi connectivity index (χ4v) is 9.02. The summed E-state index contributed by atoms with van der Waals surface area (Å²) < 4.78 is 16.8. The summed E-state index contributed by atoms with van der Waals surface area (Å²) in [5, 5.41) is 0. The SMILES string of the molecule is CC/C=C\C/C=C\C/C=C\C/C=C\C/C=C\C/C=C\C/C=C\CCCCCCCCCC(=O)OCC(COC(=O)CCCCCCCCC)OC(=O)CCCCCCCCCCCC/C=C\C/C=C\C/C=C\CCCCCCC. The molecule has 6 nitrogen and oxygen atoms in total. The molecule has 0 radical (unpaired) electrons. The number of ether oxygens (including phenoxy) is 3. The fourth-order valence-electron chi connectivity index (χ4n) is 9.02. The van der Waals surface area contributed by atoms with Crippen LogP contribution in [-0.4, -0.2) is 37.2 Å². The van der Waals surface area contributed by atoms with Crippen LogP contribution >= 0.6 is 0 Å². The van der Waals surface area contributed by atoms with E-state index < -0.39 is 6.10 Å². The lowest BCUT2D eigenvalue weighted by atomic mass is 10.0. The minimum absolute atomic E-state index is 0.0838. The monoisotopic (exact) mass is 1090 g/mol. The van der Waals surface area contributed by atoms with Crippen molar-refractivity contribution in [2.45, 2.75) is 309 Å². The standard InChI is InChI=1S/C73H122O6/c1-4-7-10-13-16-18-20-22-24-26-28-30-32-34-35-36-37-39-40-42-44-46-48-50-52-54-57-60-63-66-72(75)78-69-70(68-77-71(74)65-62-59-56-15-12-9-6-3)79-73(76)67-64-61-58-55-53-51-49-47-45-43-41-38-33-31-29-27-25-23-21-19-17-14-11-8-5-2/h7,10,16,18,21-24,27-30,33-35,37-39,42,44,70H,4-6,8-9,11-15,17,19-20,25-26,31-32,36,40-41,43,45-69H2,1-3H3/b10-7-,18-16-,23-21-,24-22-,29-27-,30-28-,35-34-,38-33-,39-37-,44-42-. The van der Waals surface area contributed by atoms with Gasteiger partial charge in [0.15, 0.2) is 6.10 Å². The van der Waals surface area contributed by atoms with Crippen LogP contribution in [0.3, 0.4) is 0 Å². The van der Waals surface area contributed by atoms with Crippen LogP contribution in [-0.2, 0) is 28.6 Å². The third kappa shape index (κ3) is 64.5. The molecule has 0 aliphatic heterocycles. The van der Waals surface area contributed by atoms with Gasteiger partial charge in [-0.25, -0.2) is 0 Å². The van der Waals surface area contributed by atoms with E-state index in [0.717, 1.165) is 122 Å². The normalized spacial score (nSPS) is 12.9. The maximum Gasteiger partial charge on any atom is 0.306 e. The first-order chi connectivity index (χ1) is 39.0. The van der Waals surface area contributed by atoms with Crippen LogP contribution in [0.2, 0.25) is 0 Å². The molecule has 0 aromatic carbocycles. The molecule has 0 N–H and O–H groups in total. The van der Waals surface area contributed by atoms with Crippen LogP contribution in [0.1, 0.15) is 303 Å². The minimum Gasteiger partial charge on any atom is -0.462 e. The molecular weight excluding hydrogens is 973 g/mol. The second kappa shape index (κ2) is 66.3. The molecule has 0 saturated heterocycles. The third-order valence-corrected chi connectivity index (χ3v) is 14.0. The highest BCUT2D eigenvalue weighted by Crippen LogP contribution is 2.16. The van der Waals surface area contributed by atoms with E-state index in [1.54, 1.807) is 0 Å². The molecule has 6 heteroatoms. The molecule has 1 atom stereocenters. The fraction of sp³-hybridized carbons (Fsp3) is 0.685. The molecule has 0 aromatic heterocycles. The summed E-state index contributed by atoms with van der Waals surface area (Å²) >= 11 is 0. The molecule has 0 bridgehead atoms. The third-order valence-electron chi connectivity index (χ3n) is 14.0. The molecule has 0 rings (SSSR count). The van der Waals surface area contributed by atoms with E-state index >= 15 is 0 Å². The zero-order valence-electron chi connectivity index (χ0n) is 51.6. The summed E-state index contributed by atoms with van der Waals surface area (Å²) in [4.78, 5) is 38.1. The van der Waals surface area contributed by atoms with Crippen LogP contribution in [0.5, 0.6) is 0 Å². The molecule has 0 aliphatic rings. The number of allylic oxidation sites excluding steroid dienone is 20. The number of hydrogen-bond donors (Lipinski definition) is 0. The molecule has 0 aliphatic carbocycles.